The molecule has 19 heavy (non-hydrogen) atoms. The average molecular weight is 259 g/mol. The molecule has 2 heterocycles. The Labute approximate surface area is 115 Å². The zero-order valence-electron chi connectivity index (χ0n) is 11.9. The van der Waals surface area contributed by atoms with E-state index >= 15 is 0 Å². The molecule has 2 atom stereocenters. The number of hydrogen-bond acceptors (Lipinski definition) is 2. The smallest absolute Gasteiger partial charge is 0.202 e. The summed E-state index contributed by atoms with van der Waals surface area (Å²) in [4.78, 5) is 0. The van der Waals surface area contributed by atoms with Crippen LogP contribution in [0.15, 0.2) is 29.8 Å². The van der Waals surface area contributed by atoms with Gasteiger partial charge in [-0.1, -0.05) is 24.4 Å². The molecule has 0 bridgehead atoms. The first-order chi connectivity index (χ1) is 9.22. The van der Waals surface area contributed by atoms with Crippen LogP contribution in [0.25, 0.3) is 0 Å². The minimum atomic E-state index is 0.486. The molecule has 0 N–H and O–H groups in total. The van der Waals surface area contributed by atoms with E-state index in [0.717, 1.165) is 5.92 Å². The standard InChI is InChI=1S/C15H23N4/c1-13(14-7-4-3-5-8-14)19(10-6-9-17-19)15-11-16-18(2)12-15/h6,9-14H,3-5,7-8H2,1-2H3/q+1. The molecule has 4 nitrogen and oxygen atoms in total. The molecule has 1 aliphatic heterocycles. The van der Waals surface area contributed by atoms with Crippen LogP contribution in [-0.4, -0.2) is 22.0 Å². The van der Waals surface area contributed by atoms with E-state index in [9.17, 15) is 0 Å². The predicted molar refractivity (Wildman–Crippen MR) is 78.7 cm³/mol. The maximum atomic E-state index is 4.77. The molecular formula is C15H23N4+. The highest BCUT2D eigenvalue weighted by molar-refractivity contribution is 5.75. The lowest BCUT2D eigenvalue weighted by atomic mass is 9.83. The summed E-state index contributed by atoms with van der Waals surface area (Å²) in [6.07, 6.45) is 17.0. The van der Waals surface area contributed by atoms with Gasteiger partial charge in [-0.2, -0.15) is 5.10 Å². The van der Waals surface area contributed by atoms with Crippen molar-refractivity contribution in [2.75, 3.05) is 0 Å². The lowest BCUT2D eigenvalue weighted by molar-refractivity contribution is 0.187. The quantitative estimate of drug-likeness (QED) is 0.767. The fraction of sp³-hybridized carbons (Fsp3) is 0.600. The van der Waals surface area contributed by atoms with Gasteiger partial charge in [-0.25, -0.2) is 0 Å². The molecule has 1 fully saturated rings. The van der Waals surface area contributed by atoms with Crippen molar-refractivity contribution < 1.29 is 0 Å². The van der Waals surface area contributed by atoms with Crippen molar-refractivity contribution in [2.45, 2.75) is 45.1 Å². The summed E-state index contributed by atoms with van der Waals surface area (Å²) < 4.78 is 2.46. The fourth-order valence-corrected chi connectivity index (χ4v) is 3.52. The van der Waals surface area contributed by atoms with Gasteiger partial charge in [0.1, 0.15) is 18.4 Å². The highest BCUT2D eigenvalue weighted by Crippen LogP contribution is 2.38. The molecule has 1 aromatic rings. The van der Waals surface area contributed by atoms with Crippen LogP contribution in [0.5, 0.6) is 0 Å². The molecule has 1 aliphatic carbocycles. The van der Waals surface area contributed by atoms with E-state index in [-0.39, 0.29) is 0 Å². The molecule has 0 spiro atoms. The third-order valence-corrected chi connectivity index (χ3v) is 4.71. The highest BCUT2D eigenvalue weighted by atomic mass is 15.6. The van der Waals surface area contributed by atoms with Crippen LogP contribution in [-0.2, 0) is 7.05 Å². The van der Waals surface area contributed by atoms with Crippen LogP contribution in [0.4, 0.5) is 5.69 Å². The Bertz CT molecular complexity index is 482. The van der Waals surface area contributed by atoms with E-state index in [1.807, 2.05) is 24.1 Å². The van der Waals surface area contributed by atoms with Gasteiger partial charge in [0.15, 0.2) is 0 Å². The van der Waals surface area contributed by atoms with Gasteiger partial charge >= 0.3 is 0 Å². The Hall–Kier alpha value is -1.42. The number of allylic oxidation sites excluding steroid dienone is 1. The monoisotopic (exact) mass is 259 g/mol. The number of aryl methyl sites for hydroxylation is 1. The van der Waals surface area contributed by atoms with Crippen LogP contribution in [0.2, 0.25) is 0 Å². The van der Waals surface area contributed by atoms with Crippen LogP contribution in [0.3, 0.4) is 0 Å². The summed E-state index contributed by atoms with van der Waals surface area (Å²) in [7, 11) is 1.97. The summed E-state index contributed by atoms with van der Waals surface area (Å²) in [5.74, 6) is 0.758. The van der Waals surface area contributed by atoms with E-state index < -0.39 is 0 Å². The van der Waals surface area contributed by atoms with Crippen LogP contribution < -0.4 is 4.59 Å². The Kier molecular flexibility index (Phi) is 3.27. The van der Waals surface area contributed by atoms with Crippen molar-refractivity contribution in [3.8, 4) is 0 Å². The predicted octanol–water partition coefficient (Wildman–Crippen LogP) is 3.21. The number of rotatable bonds is 3. The Morgan fingerprint density at radius 1 is 1.32 bits per heavy atom. The first-order valence-electron chi connectivity index (χ1n) is 7.33. The minimum Gasteiger partial charge on any atom is -0.269 e. The van der Waals surface area contributed by atoms with Crippen molar-refractivity contribution in [3.63, 3.8) is 0 Å². The number of nitrogens with zero attached hydrogens (tertiary/aromatic N) is 4. The van der Waals surface area contributed by atoms with E-state index in [1.165, 1.54) is 37.8 Å². The highest BCUT2D eigenvalue weighted by Gasteiger charge is 2.42. The second-order valence-electron chi connectivity index (χ2n) is 5.86. The third-order valence-electron chi connectivity index (χ3n) is 4.71. The maximum absolute atomic E-state index is 4.77. The van der Waals surface area contributed by atoms with Crippen molar-refractivity contribution in [1.82, 2.24) is 14.4 Å². The molecule has 2 unspecified atom stereocenters. The molecule has 0 aromatic carbocycles. The number of hydrogen-bond donors (Lipinski definition) is 0. The maximum Gasteiger partial charge on any atom is 0.202 e. The van der Waals surface area contributed by atoms with Crippen molar-refractivity contribution in [2.24, 2.45) is 18.1 Å². The SMILES string of the molecule is CC(C1CCCCC1)[N+]1(c2cnn(C)c2)C=CC=N1. The molecule has 102 valence electrons. The normalized spacial score (nSPS) is 28.9. The molecule has 0 radical (unpaired) electrons. The second-order valence-corrected chi connectivity index (χ2v) is 5.86. The van der Waals surface area contributed by atoms with Crippen molar-refractivity contribution in [1.29, 1.82) is 0 Å². The number of quaternary nitrogens is 1. The van der Waals surface area contributed by atoms with Crippen molar-refractivity contribution >= 4 is 11.9 Å². The average Bonchev–Trinajstić information content (AvgIpc) is 3.08. The van der Waals surface area contributed by atoms with Gasteiger partial charge < -0.3 is 0 Å². The molecule has 1 aromatic heterocycles. The van der Waals surface area contributed by atoms with Gasteiger partial charge in [0, 0.05) is 19.0 Å². The second kappa shape index (κ2) is 4.93. The first kappa shape index (κ1) is 12.6. The van der Waals surface area contributed by atoms with E-state index in [0.29, 0.717) is 10.6 Å². The van der Waals surface area contributed by atoms with Crippen molar-refractivity contribution in [3.05, 3.63) is 24.7 Å². The van der Waals surface area contributed by atoms with Crippen LogP contribution >= 0.6 is 0 Å². The molecular weight excluding hydrogens is 236 g/mol. The lowest BCUT2D eigenvalue weighted by Crippen LogP contribution is -2.49. The summed E-state index contributed by atoms with van der Waals surface area (Å²) >= 11 is 0. The zero-order valence-corrected chi connectivity index (χ0v) is 11.9. The topological polar surface area (TPSA) is 30.2 Å². The third kappa shape index (κ3) is 2.14. The molecule has 3 rings (SSSR count). The van der Waals surface area contributed by atoms with E-state index in [1.54, 1.807) is 0 Å². The lowest BCUT2D eigenvalue weighted by Gasteiger charge is -2.37. The minimum absolute atomic E-state index is 0.486. The molecule has 2 aliphatic rings. The summed E-state index contributed by atoms with van der Waals surface area (Å²) in [6, 6.07) is 0.486. The van der Waals surface area contributed by atoms with Crippen LogP contribution in [0.1, 0.15) is 39.0 Å². The first-order valence-corrected chi connectivity index (χ1v) is 7.33. The molecule has 0 amide bonds. The van der Waals surface area contributed by atoms with Gasteiger partial charge in [-0.05, 0) is 19.8 Å². The Balaban J connectivity index is 1.92. The summed E-state index contributed by atoms with van der Waals surface area (Å²) in [5, 5.41) is 9.10. The molecule has 0 saturated heterocycles. The molecule has 4 heteroatoms. The van der Waals surface area contributed by atoms with Crippen LogP contribution in [0, 0.1) is 5.92 Å². The summed E-state index contributed by atoms with van der Waals surface area (Å²) in [6.45, 7) is 2.34. The van der Waals surface area contributed by atoms with E-state index in [2.05, 4.69) is 30.5 Å². The van der Waals surface area contributed by atoms with Gasteiger partial charge in [0.25, 0.3) is 0 Å². The largest absolute Gasteiger partial charge is 0.269 e. The zero-order chi connectivity index (χ0) is 13.3. The summed E-state index contributed by atoms with van der Waals surface area (Å²) in [5.41, 5.74) is 1.17. The Morgan fingerprint density at radius 2 is 2.11 bits per heavy atom. The van der Waals surface area contributed by atoms with Gasteiger partial charge in [-0.3, -0.25) is 4.68 Å². The van der Waals surface area contributed by atoms with Gasteiger partial charge in [0.05, 0.1) is 12.4 Å². The van der Waals surface area contributed by atoms with Gasteiger partial charge in [0.2, 0.25) is 5.69 Å². The molecule has 1 saturated carbocycles. The van der Waals surface area contributed by atoms with Gasteiger partial charge in [-0.15, -0.1) is 4.59 Å². The van der Waals surface area contributed by atoms with E-state index in [4.69, 9.17) is 5.10 Å². The fourth-order valence-electron chi connectivity index (χ4n) is 3.52. The number of aromatic nitrogens is 2. The Morgan fingerprint density at radius 3 is 2.68 bits per heavy atom.